The molecule has 0 saturated carbocycles. The van der Waals surface area contributed by atoms with Crippen molar-refractivity contribution >= 4 is 27.6 Å². The molecule has 1 rings (SSSR count). The van der Waals surface area contributed by atoms with Crippen LogP contribution >= 0.6 is 15.9 Å². The average molecular weight is 229 g/mol. The number of urea groups is 1. The summed E-state index contributed by atoms with van der Waals surface area (Å²) < 4.78 is 0.982. The van der Waals surface area contributed by atoms with Gasteiger partial charge in [-0.05, 0) is 30.7 Å². The van der Waals surface area contributed by atoms with E-state index in [1.165, 1.54) is 0 Å². The van der Waals surface area contributed by atoms with Gasteiger partial charge in [0.25, 0.3) is 0 Å². The van der Waals surface area contributed by atoms with E-state index in [2.05, 4.69) is 21.2 Å². The molecule has 1 aromatic rings. The van der Waals surface area contributed by atoms with E-state index in [-0.39, 0.29) is 0 Å². The lowest BCUT2D eigenvalue weighted by atomic mass is 10.2. The van der Waals surface area contributed by atoms with E-state index in [1.807, 2.05) is 19.1 Å². The third kappa shape index (κ3) is 2.23. The monoisotopic (exact) mass is 228 g/mol. The smallest absolute Gasteiger partial charge is 0.316 e. The van der Waals surface area contributed by atoms with E-state index in [1.54, 1.807) is 6.07 Å². The maximum absolute atomic E-state index is 10.5. The highest BCUT2D eigenvalue weighted by Gasteiger charge is 1.99. The Morgan fingerprint density at radius 2 is 2.25 bits per heavy atom. The lowest BCUT2D eigenvalue weighted by Gasteiger charge is -2.05. The number of hydrogen-bond donors (Lipinski definition) is 2. The normalized spacial score (nSPS) is 9.50. The van der Waals surface area contributed by atoms with Crippen molar-refractivity contribution in [3.63, 3.8) is 0 Å². The summed E-state index contributed by atoms with van der Waals surface area (Å²) in [7, 11) is 0. The average Bonchev–Trinajstić information content (AvgIpc) is 1.94. The zero-order chi connectivity index (χ0) is 9.14. The van der Waals surface area contributed by atoms with E-state index in [4.69, 9.17) is 5.73 Å². The van der Waals surface area contributed by atoms with Crippen LogP contribution in [-0.4, -0.2) is 6.03 Å². The zero-order valence-electron chi connectivity index (χ0n) is 6.60. The maximum atomic E-state index is 10.5. The van der Waals surface area contributed by atoms with Crippen LogP contribution in [0.25, 0.3) is 0 Å². The molecule has 0 radical (unpaired) electrons. The number of rotatable bonds is 1. The molecule has 0 heterocycles. The molecule has 0 aromatic heterocycles. The summed E-state index contributed by atoms with van der Waals surface area (Å²) in [6.07, 6.45) is 0. The van der Waals surface area contributed by atoms with Gasteiger partial charge in [-0.3, -0.25) is 0 Å². The first-order valence-electron chi connectivity index (χ1n) is 3.42. The number of amides is 2. The number of aryl methyl sites for hydroxylation is 1. The van der Waals surface area contributed by atoms with Crippen molar-refractivity contribution < 1.29 is 4.79 Å². The van der Waals surface area contributed by atoms with E-state index in [0.717, 1.165) is 15.7 Å². The topological polar surface area (TPSA) is 55.1 Å². The molecule has 1 aromatic carbocycles. The van der Waals surface area contributed by atoms with E-state index in [0.29, 0.717) is 0 Å². The van der Waals surface area contributed by atoms with Crippen molar-refractivity contribution in [2.75, 3.05) is 5.32 Å². The summed E-state index contributed by atoms with van der Waals surface area (Å²) in [6, 6.07) is 5.01. The third-order valence-corrected chi connectivity index (χ3v) is 1.94. The molecule has 0 spiro atoms. The highest BCUT2D eigenvalue weighted by molar-refractivity contribution is 9.10. The minimum Gasteiger partial charge on any atom is -0.351 e. The first kappa shape index (κ1) is 9.06. The summed E-state index contributed by atoms with van der Waals surface area (Å²) in [5.41, 5.74) is 6.69. The number of primary amides is 1. The predicted octanol–water partition coefficient (Wildman–Crippen LogP) is 2.25. The number of nitrogens with one attached hydrogen (secondary N) is 1. The molecule has 0 bridgehead atoms. The molecule has 0 saturated heterocycles. The number of benzene rings is 1. The van der Waals surface area contributed by atoms with Crippen molar-refractivity contribution in [2.24, 2.45) is 5.73 Å². The minimum absolute atomic E-state index is 0.541. The number of carbonyl (C=O) groups is 1. The van der Waals surface area contributed by atoms with Gasteiger partial charge in [0.1, 0.15) is 0 Å². The molecule has 4 heteroatoms. The molecule has 2 amide bonds. The molecule has 0 aliphatic carbocycles. The second-order valence-electron chi connectivity index (χ2n) is 2.45. The van der Waals surface area contributed by atoms with E-state index in [9.17, 15) is 4.79 Å². The standard InChI is InChI=1S/C8H9BrN2O/c1-5-4-6(9)2-3-7(5)11-8(10)12/h2-4H,1H3,(H3,10,11,12). The number of hydrogen-bond acceptors (Lipinski definition) is 1. The van der Waals surface area contributed by atoms with Gasteiger partial charge in [-0.15, -0.1) is 0 Å². The van der Waals surface area contributed by atoms with Crippen LogP contribution in [0.3, 0.4) is 0 Å². The molecule has 64 valence electrons. The number of carbonyl (C=O) groups excluding carboxylic acids is 1. The Balaban J connectivity index is 2.93. The molecule has 0 fully saturated rings. The summed E-state index contributed by atoms with van der Waals surface area (Å²) >= 11 is 3.32. The predicted molar refractivity (Wildman–Crippen MR) is 52.1 cm³/mol. The van der Waals surface area contributed by atoms with Gasteiger partial charge in [-0.2, -0.15) is 0 Å². The summed E-state index contributed by atoms with van der Waals surface area (Å²) in [6.45, 7) is 1.90. The molecule has 3 N–H and O–H groups in total. The lowest BCUT2D eigenvalue weighted by molar-refractivity contribution is 0.259. The number of anilines is 1. The van der Waals surface area contributed by atoms with Crippen molar-refractivity contribution in [3.8, 4) is 0 Å². The highest BCUT2D eigenvalue weighted by atomic mass is 79.9. The first-order chi connectivity index (χ1) is 5.59. The van der Waals surface area contributed by atoms with Crippen LogP contribution in [0.4, 0.5) is 10.5 Å². The molecule has 0 aliphatic heterocycles. The van der Waals surface area contributed by atoms with Gasteiger partial charge >= 0.3 is 6.03 Å². The molecule has 3 nitrogen and oxygen atoms in total. The van der Waals surface area contributed by atoms with Gasteiger partial charge in [0.05, 0.1) is 0 Å². The van der Waals surface area contributed by atoms with Gasteiger partial charge in [0.2, 0.25) is 0 Å². The molecule has 0 aliphatic rings. The van der Waals surface area contributed by atoms with Crippen LogP contribution in [0.1, 0.15) is 5.56 Å². The fourth-order valence-corrected chi connectivity index (χ4v) is 1.38. The van der Waals surface area contributed by atoms with Crippen molar-refractivity contribution in [1.29, 1.82) is 0 Å². The first-order valence-corrected chi connectivity index (χ1v) is 4.21. The SMILES string of the molecule is Cc1cc(Br)ccc1NC(N)=O. The van der Waals surface area contributed by atoms with E-state index < -0.39 is 6.03 Å². The Labute approximate surface area is 79.1 Å². The highest BCUT2D eigenvalue weighted by Crippen LogP contribution is 2.19. The van der Waals surface area contributed by atoms with Gasteiger partial charge < -0.3 is 11.1 Å². The quantitative estimate of drug-likeness (QED) is 0.762. The number of nitrogens with two attached hydrogens (primary N) is 1. The van der Waals surface area contributed by atoms with Crippen LogP contribution in [0, 0.1) is 6.92 Å². The van der Waals surface area contributed by atoms with Crippen molar-refractivity contribution in [2.45, 2.75) is 6.92 Å². The largest absolute Gasteiger partial charge is 0.351 e. The Kier molecular flexibility index (Phi) is 2.70. The fraction of sp³-hybridized carbons (Fsp3) is 0.125. The summed E-state index contributed by atoms with van der Waals surface area (Å²) in [5.74, 6) is 0. The van der Waals surface area contributed by atoms with Crippen molar-refractivity contribution in [3.05, 3.63) is 28.2 Å². The molecule has 0 unspecified atom stereocenters. The zero-order valence-corrected chi connectivity index (χ0v) is 8.18. The Hall–Kier alpha value is -1.03. The summed E-state index contributed by atoms with van der Waals surface area (Å²) in [5, 5.41) is 2.52. The fourth-order valence-electron chi connectivity index (χ4n) is 0.900. The molecular formula is C8H9BrN2O. The van der Waals surface area contributed by atoms with Crippen molar-refractivity contribution in [1.82, 2.24) is 0 Å². The molecule has 0 atom stereocenters. The van der Waals surface area contributed by atoms with Gasteiger partial charge in [-0.25, -0.2) is 4.79 Å². The summed E-state index contributed by atoms with van der Waals surface area (Å²) in [4.78, 5) is 10.5. The maximum Gasteiger partial charge on any atom is 0.316 e. The molecular weight excluding hydrogens is 220 g/mol. The Bertz CT molecular complexity index is 312. The van der Waals surface area contributed by atoms with Crippen LogP contribution in [-0.2, 0) is 0 Å². The second-order valence-corrected chi connectivity index (χ2v) is 3.36. The lowest BCUT2D eigenvalue weighted by Crippen LogP contribution is -2.19. The van der Waals surface area contributed by atoms with Crippen LogP contribution in [0.5, 0.6) is 0 Å². The minimum atomic E-state index is -0.541. The Morgan fingerprint density at radius 3 is 2.75 bits per heavy atom. The van der Waals surface area contributed by atoms with Crippen LogP contribution < -0.4 is 11.1 Å². The third-order valence-electron chi connectivity index (χ3n) is 1.45. The van der Waals surface area contributed by atoms with Gasteiger partial charge in [0, 0.05) is 10.2 Å². The Morgan fingerprint density at radius 1 is 1.58 bits per heavy atom. The van der Waals surface area contributed by atoms with E-state index >= 15 is 0 Å². The second kappa shape index (κ2) is 3.58. The van der Waals surface area contributed by atoms with Gasteiger partial charge in [0.15, 0.2) is 0 Å². The van der Waals surface area contributed by atoms with Gasteiger partial charge in [-0.1, -0.05) is 15.9 Å². The number of halogens is 1. The van der Waals surface area contributed by atoms with Crippen LogP contribution in [0.15, 0.2) is 22.7 Å². The van der Waals surface area contributed by atoms with Crippen LogP contribution in [0.2, 0.25) is 0 Å². The molecule has 12 heavy (non-hydrogen) atoms.